The Morgan fingerprint density at radius 3 is 2.60 bits per heavy atom. The second kappa shape index (κ2) is 1.91. The molecule has 1 aliphatic heterocycles. The van der Waals surface area contributed by atoms with Crippen LogP contribution in [-0.2, 0) is 4.79 Å². The molecule has 0 spiro atoms. The maximum atomic E-state index is 10.4. The van der Waals surface area contributed by atoms with Crippen molar-refractivity contribution in [3.05, 3.63) is 10.1 Å². The average molecular weight is 146 g/mol. The Balaban J connectivity index is 2.53. The lowest BCUT2D eigenvalue weighted by molar-refractivity contribution is -0.498. The van der Waals surface area contributed by atoms with E-state index in [4.69, 9.17) is 5.11 Å². The SMILES string of the molecule is O=C1NCC1(O)C[N+](=O)[O-]. The van der Waals surface area contributed by atoms with Crippen molar-refractivity contribution in [1.82, 2.24) is 5.32 Å². The second-order valence-electron chi connectivity index (χ2n) is 2.21. The molecule has 0 aromatic carbocycles. The summed E-state index contributed by atoms with van der Waals surface area (Å²) >= 11 is 0. The van der Waals surface area contributed by atoms with Crippen molar-refractivity contribution in [1.29, 1.82) is 0 Å². The molecule has 1 atom stereocenters. The van der Waals surface area contributed by atoms with Crippen molar-refractivity contribution in [2.45, 2.75) is 5.60 Å². The molecule has 1 fully saturated rings. The Hall–Kier alpha value is -1.17. The average Bonchev–Trinajstić information content (AvgIpc) is 1.84. The maximum absolute atomic E-state index is 10.4. The number of hydrogen-bond donors (Lipinski definition) is 2. The highest BCUT2D eigenvalue weighted by Crippen LogP contribution is 2.11. The predicted octanol–water partition coefficient (Wildman–Crippen LogP) is -1.88. The minimum atomic E-state index is -1.75. The lowest BCUT2D eigenvalue weighted by atomic mass is 9.96. The summed E-state index contributed by atoms with van der Waals surface area (Å²) in [6, 6.07) is 0. The van der Waals surface area contributed by atoms with Crippen molar-refractivity contribution in [3.8, 4) is 0 Å². The van der Waals surface area contributed by atoms with Crippen LogP contribution in [0.1, 0.15) is 0 Å². The Kier molecular flexibility index (Phi) is 1.33. The van der Waals surface area contributed by atoms with Crippen LogP contribution in [0.5, 0.6) is 0 Å². The lowest BCUT2D eigenvalue weighted by Gasteiger charge is -2.31. The number of carbonyl (C=O) groups excluding carboxylic acids is 1. The van der Waals surface area contributed by atoms with E-state index in [1.807, 2.05) is 0 Å². The number of rotatable bonds is 2. The molecule has 0 aromatic rings. The number of hydrogen-bond acceptors (Lipinski definition) is 4. The quantitative estimate of drug-likeness (QED) is 0.271. The number of nitro groups is 1. The van der Waals surface area contributed by atoms with Gasteiger partial charge in [0.05, 0.1) is 6.54 Å². The van der Waals surface area contributed by atoms with Crippen molar-refractivity contribution in [3.63, 3.8) is 0 Å². The molecule has 1 heterocycles. The van der Waals surface area contributed by atoms with Crippen LogP contribution < -0.4 is 5.32 Å². The highest BCUT2D eigenvalue weighted by atomic mass is 16.6. The van der Waals surface area contributed by atoms with Gasteiger partial charge >= 0.3 is 0 Å². The predicted molar refractivity (Wildman–Crippen MR) is 29.8 cm³/mol. The Bertz CT molecular complexity index is 192. The molecule has 6 heteroatoms. The summed E-state index contributed by atoms with van der Waals surface area (Å²) in [5.74, 6) is -0.663. The number of amides is 1. The van der Waals surface area contributed by atoms with E-state index in [0.29, 0.717) is 0 Å². The Morgan fingerprint density at radius 2 is 2.50 bits per heavy atom. The third-order valence-corrected chi connectivity index (χ3v) is 1.35. The van der Waals surface area contributed by atoms with Crippen LogP contribution >= 0.6 is 0 Å². The fourth-order valence-corrected chi connectivity index (χ4v) is 0.706. The summed E-state index contributed by atoms with van der Waals surface area (Å²) in [7, 11) is 0. The first kappa shape index (κ1) is 6.94. The van der Waals surface area contributed by atoms with Gasteiger partial charge in [-0.3, -0.25) is 14.9 Å². The molecule has 0 bridgehead atoms. The van der Waals surface area contributed by atoms with Crippen LogP contribution in [0, 0.1) is 10.1 Å². The van der Waals surface area contributed by atoms with Crippen LogP contribution in [0.25, 0.3) is 0 Å². The summed E-state index contributed by atoms with van der Waals surface area (Å²) in [4.78, 5) is 19.5. The molecular weight excluding hydrogens is 140 g/mol. The lowest BCUT2D eigenvalue weighted by Crippen LogP contribution is -2.67. The first-order chi connectivity index (χ1) is 4.54. The molecule has 56 valence electrons. The molecule has 1 saturated heterocycles. The van der Waals surface area contributed by atoms with E-state index < -0.39 is 23.0 Å². The number of nitrogens with one attached hydrogen (secondary N) is 1. The molecule has 2 N–H and O–H groups in total. The standard InChI is InChI=1S/C4H6N2O4/c7-3-4(8,1-5-3)2-6(9)10/h8H,1-2H2,(H,5,7). The molecule has 6 nitrogen and oxygen atoms in total. The van der Waals surface area contributed by atoms with E-state index in [1.54, 1.807) is 0 Å². The van der Waals surface area contributed by atoms with Crippen molar-refractivity contribution in [2.75, 3.05) is 13.1 Å². The third-order valence-electron chi connectivity index (χ3n) is 1.35. The van der Waals surface area contributed by atoms with Crippen molar-refractivity contribution >= 4 is 5.91 Å². The van der Waals surface area contributed by atoms with Crippen molar-refractivity contribution in [2.24, 2.45) is 0 Å². The number of nitrogens with zero attached hydrogens (tertiary/aromatic N) is 1. The van der Waals surface area contributed by atoms with Crippen LogP contribution in [0.15, 0.2) is 0 Å². The Labute approximate surface area is 56.0 Å². The van der Waals surface area contributed by atoms with E-state index >= 15 is 0 Å². The molecule has 1 rings (SSSR count). The molecule has 0 radical (unpaired) electrons. The minimum absolute atomic E-state index is 0.0210. The monoisotopic (exact) mass is 146 g/mol. The fourth-order valence-electron chi connectivity index (χ4n) is 0.706. The van der Waals surface area contributed by atoms with Gasteiger partial charge in [-0.05, 0) is 0 Å². The topological polar surface area (TPSA) is 92.5 Å². The summed E-state index contributed by atoms with van der Waals surface area (Å²) in [6.45, 7) is -0.731. The molecule has 1 aliphatic rings. The summed E-state index contributed by atoms with van der Waals surface area (Å²) < 4.78 is 0. The van der Waals surface area contributed by atoms with E-state index in [1.165, 1.54) is 0 Å². The highest BCUT2D eigenvalue weighted by molar-refractivity contribution is 5.91. The minimum Gasteiger partial charge on any atom is -0.373 e. The van der Waals surface area contributed by atoms with Crippen LogP contribution in [0.3, 0.4) is 0 Å². The van der Waals surface area contributed by atoms with Gasteiger partial charge in [0.2, 0.25) is 12.1 Å². The zero-order valence-corrected chi connectivity index (χ0v) is 5.03. The van der Waals surface area contributed by atoms with Gasteiger partial charge < -0.3 is 10.4 Å². The van der Waals surface area contributed by atoms with Gasteiger partial charge in [0.1, 0.15) is 0 Å². The van der Waals surface area contributed by atoms with Gasteiger partial charge in [-0.1, -0.05) is 0 Å². The van der Waals surface area contributed by atoms with Gasteiger partial charge in [0.15, 0.2) is 0 Å². The highest BCUT2D eigenvalue weighted by Gasteiger charge is 2.49. The summed E-state index contributed by atoms with van der Waals surface area (Å²) in [6.07, 6.45) is 0. The smallest absolute Gasteiger partial charge is 0.260 e. The first-order valence-corrected chi connectivity index (χ1v) is 2.67. The molecular formula is C4H6N2O4. The molecule has 10 heavy (non-hydrogen) atoms. The van der Waals surface area contributed by atoms with E-state index in [2.05, 4.69) is 5.32 Å². The second-order valence-corrected chi connectivity index (χ2v) is 2.21. The maximum Gasteiger partial charge on any atom is 0.260 e. The van der Waals surface area contributed by atoms with E-state index in [9.17, 15) is 14.9 Å². The van der Waals surface area contributed by atoms with Crippen LogP contribution in [0.2, 0.25) is 0 Å². The fraction of sp³-hybridized carbons (Fsp3) is 0.750. The Morgan fingerprint density at radius 1 is 1.90 bits per heavy atom. The zero-order valence-electron chi connectivity index (χ0n) is 5.03. The normalized spacial score (nSPS) is 30.7. The third kappa shape index (κ3) is 0.926. The molecule has 0 aliphatic carbocycles. The van der Waals surface area contributed by atoms with Crippen molar-refractivity contribution < 1.29 is 14.8 Å². The van der Waals surface area contributed by atoms with E-state index in [-0.39, 0.29) is 6.54 Å². The number of β-lactam (4-membered cyclic amide) rings is 1. The molecule has 0 aromatic heterocycles. The number of carbonyl (C=O) groups is 1. The summed E-state index contributed by atoms with van der Waals surface area (Å²) in [5, 5.41) is 21.0. The molecule has 1 amide bonds. The largest absolute Gasteiger partial charge is 0.373 e. The first-order valence-electron chi connectivity index (χ1n) is 2.67. The zero-order chi connectivity index (χ0) is 7.78. The number of aliphatic hydroxyl groups is 1. The van der Waals surface area contributed by atoms with Gasteiger partial charge in [-0.2, -0.15) is 0 Å². The molecule has 0 saturated carbocycles. The van der Waals surface area contributed by atoms with Crippen LogP contribution in [0.4, 0.5) is 0 Å². The number of β-amino-alcohol motifs (C(OH)–C–C–N with tert-alkyl or cyclic N) is 1. The molecule has 1 unspecified atom stereocenters. The van der Waals surface area contributed by atoms with E-state index in [0.717, 1.165) is 0 Å². The van der Waals surface area contributed by atoms with Crippen LogP contribution in [-0.4, -0.2) is 34.6 Å². The van der Waals surface area contributed by atoms with Gasteiger partial charge in [-0.15, -0.1) is 0 Å². The van der Waals surface area contributed by atoms with Gasteiger partial charge in [0.25, 0.3) is 5.91 Å². The van der Waals surface area contributed by atoms with Gasteiger partial charge in [0, 0.05) is 4.92 Å². The summed E-state index contributed by atoms with van der Waals surface area (Å²) in [5.41, 5.74) is -1.75. The van der Waals surface area contributed by atoms with Gasteiger partial charge in [-0.25, -0.2) is 0 Å².